The lowest BCUT2D eigenvalue weighted by Gasteiger charge is -2.14. The van der Waals surface area contributed by atoms with Gasteiger partial charge >= 0.3 is 0 Å². The lowest BCUT2D eigenvalue weighted by atomic mass is 10.1. The van der Waals surface area contributed by atoms with Crippen LogP contribution in [0.1, 0.15) is 32.7 Å². The van der Waals surface area contributed by atoms with E-state index in [4.69, 9.17) is 22.7 Å². The number of ether oxygens (including phenoxy) is 1. The molecule has 0 spiro atoms. The number of carbonyl (C=O) groups is 1. The molecule has 1 heterocycles. The molecule has 0 unspecified atom stereocenters. The smallest absolute Gasteiger partial charge is 0.268 e. The molecule has 3 N–H and O–H groups in total. The first kappa shape index (κ1) is 27.0. The zero-order valence-electron chi connectivity index (χ0n) is 22.6. The van der Waals surface area contributed by atoms with E-state index in [2.05, 4.69) is 5.32 Å². The lowest BCUT2D eigenvalue weighted by Crippen LogP contribution is -2.25. The number of fused-ring (bicyclic) bond motifs is 1. The molecule has 1 amide bonds. The Morgan fingerprint density at radius 3 is 2.33 bits per heavy atom. The molecule has 0 atom stereocenters. The van der Waals surface area contributed by atoms with Crippen molar-refractivity contribution in [1.29, 1.82) is 0 Å². The molecule has 0 aliphatic rings. The van der Waals surface area contributed by atoms with Crippen LogP contribution in [0.2, 0.25) is 0 Å². The van der Waals surface area contributed by atoms with Crippen LogP contribution in [0, 0.1) is 0 Å². The van der Waals surface area contributed by atoms with Gasteiger partial charge in [0.25, 0.3) is 5.91 Å². The van der Waals surface area contributed by atoms with Crippen LogP contribution < -0.4 is 20.7 Å². The Hall–Kier alpha value is -4.62. The van der Waals surface area contributed by atoms with E-state index in [9.17, 15) is 4.79 Å². The molecular formula is C33H32N4O2S. The van der Waals surface area contributed by atoms with Gasteiger partial charge in [0.2, 0.25) is 0 Å². The van der Waals surface area contributed by atoms with Gasteiger partial charge < -0.3 is 25.3 Å². The number of nitrogens with one attached hydrogen (secondary N) is 1. The zero-order valence-corrected chi connectivity index (χ0v) is 23.4. The molecule has 0 fully saturated rings. The maximum atomic E-state index is 13.6. The average Bonchev–Trinajstić information content (AvgIpc) is 3.34. The van der Waals surface area contributed by atoms with Crippen molar-refractivity contribution in [2.45, 2.75) is 19.7 Å². The molecule has 6 nitrogen and oxygen atoms in total. The normalized spacial score (nSPS) is 10.8. The van der Waals surface area contributed by atoms with Gasteiger partial charge in [-0.1, -0.05) is 78.9 Å². The fraction of sp³-hybridized carbons (Fsp3) is 0.152. The summed E-state index contributed by atoms with van der Waals surface area (Å²) >= 11 is 5.19. The topological polar surface area (TPSA) is 72.5 Å². The summed E-state index contributed by atoms with van der Waals surface area (Å²) in [7, 11) is 4.01. The van der Waals surface area contributed by atoms with Crippen LogP contribution in [0.4, 0.5) is 5.69 Å². The van der Waals surface area contributed by atoms with Gasteiger partial charge in [-0.15, -0.1) is 0 Å². The maximum absolute atomic E-state index is 13.6. The summed E-state index contributed by atoms with van der Waals surface area (Å²) in [5.74, 6) is 0.567. The van der Waals surface area contributed by atoms with Gasteiger partial charge in [-0.25, -0.2) is 0 Å². The van der Waals surface area contributed by atoms with Crippen molar-refractivity contribution >= 4 is 39.7 Å². The highest BCUT2D eigenvalue weighted by molar-refractivity contribution is 7.80. The van der Waals surface area contributed by atoms with Gasteiger partial charge in [-0.05, 0) is 53.1 Å². The van der Waals surface area contributed by atoms with E-state index in [1.165, 1.54) is 0 Å². The van der Waals surface area contributed by atoms with Crippen LogP contribution in [0.5, 0.6) is 5.75 Å². The van der Waals surface area contributed by atoms with Crippen LogP contribution in [0.15, 0.2) is 103 Å². The van der Waals surface area contributed by atoms with E-state index in [0.717, 1.165) is 44.6 Å². The van der Waals surface area contributed by atoms with Crippen molar-refractivity contribution in [2.24, 2.45) is 5.73 Å². The number of nitrogens with two attached hydrogens (primary N) is 1. The summed E-state index contributed by atoms with van der Waals surface area (Å²) in [4.78, 5) is 16.0. The summed E-state index contributed by atoms with van der Waals surface area (Å²) in [6.45, 7) is 1.33. The summed E-state index contributed by atoms with van der Waals surface area (Å²) < 4.78 is 8.25. The third-order valence-electron chi connectivity index (χ3n) is 6.83. The van der Waals surface area contributed by atoms with Gasteiger partial charge in [-0.2, -0.15) is 0 Å². The third kappa shape index (κ3) is 6.16. The predicted octanol–water partition coefficient (Wildman–Crippen LogP) is 5.90. The van der Waals surface area contributed by atoms with E-state index in [0.29, 0.717) is 30.4 Å². The number of carbonyl (C=O) groups excluding carboxylic acids is 1. The molecule has 40 heavy (non-hydrogen) atoms. The molecule has 1 aromatic heterocycles. The lowest BCUT2D eigenvalue weighted by molar-refractivity contribution is 0.0942. The molecule has 0 saturated heterocycles. The van der Waals surface area contributed by atoms with E-state index in [-0.39, 0.29) is 5.91 Å². The number of amides is 1. The highest BCUT2D eigenvalue weighted by atomic mass is 32.1. The van der Waals surface area contributed by atoms with Crippen LogP contribution in [-0.4, -0.2) is 29.6 Å². The number of benzene rings is 4. The van der Waals surface area contributed by atoms with Gasteiger partial charge in [0, 0.05) is 43.8 Å². The van der Waals surface area contributed by atoms with Crippen LogP contribution >= 0.6 is 12.2 Å². The number of hydrogen-bond acceptors (Lipinski definition) is 4. The molecule has 5 aromatic rings. The average molecular weight is 549 g/mol. The van der Waals surface area contributed by atoms with Crippen molar-refractivity contribution in [3.05, 3.63) is 131 Å². The summed E-state index contributed by atoms with van der Waals surface area (Å²) in [5, 5.41) is 3.98. The minimum atomic E-state index is -0.160. The van der Waals surface area contributed by atoms with E-state index in [1.807, 2.05) is 127 Å². The summed E-state index contributed by atoms with van der Waals surface area (Å²) in [6.07, 6.45) is 0. The number of nitrogens with zero attached hydrogens (tertiary/aromatic N) is 2. The standard InChI is InChI=1S/C33H32N4O2S/c1-36(2)27-16-14-23(15-17-27)20-35-33(38)30-19-28-29(37(30)21-25-10-6-11-26(18-25)32(34)40)12-7-13-31(28)39-22-24-8-4-3-5-9-24/h3-19H,20-22H2,1-2H3,(H2,34,40)(H,35,38). The number of rotatable bonds is 10. The Morgan fingerprint density at radius 2 is 1.60 bits per heavy atom. The molecule has 4 aromatic carbocycles. The second-order valence-electron chi connectivity index (χ2n) is 9.89. The van der Waals surface area contributed by atoms with Crippen molar-refractivity contribution < 1.29 is 9.53 Å². The van der Waals surface area contributed by atoms with Gasteiger partial charge in [0.1, 0.15) is 23.0 Å². The molecule has 202 valence electrons. The first-order valence-electron chi connectivity index (χ1n) is 13.1. The Balaban J connectivity index is 1.47. The Morgan fingerprint density at radius 1 is 0.875 bits per heavy atom. The minimum Gasteiger partial charge on any atom is -0.488 e. The number of aromatic nitrogens is 1. The highest BCUT2D eigenvalue weighted by Gasteiger charge is 2.19. The zero-order chi connectivity index (χ0) is 28.1. The third-order valence-corrected chi connectivity index (χ3v) is 7.07. The Bertz CT molecular complexity index is 1640. The number of hydrogen-bond donors (Lipinski definition) is 2. The van der Waals surface area contributed by atoms with E-state index < -0.39 is 0 Å². The van der Waals surface area contributed by atoms with E-state index in [1.54, 1.807) is 0 Å². The monoisotopic (exact) mass is 548 g/mol. The van der Waals surface area contributed by atoms with Crippen LogP contribution in [0.3, 0.4) is 0 Å². The van der Waals surface area contributed by atoms with Crippen molar-refractivity contribution in [1.82, 2.24) is 9.88 Å². The summed E-state index contributed by atoms with van der Waals surface area (Å²) in [5.41, 5.74) is 12.3. The van der Waals surface area contributed by atoms with Gasteiger partial charge in [0.15, 0.2) is 0 Å². The van der Waals surface area contributed by atoms with Crippen molar-refractivity contribution in [2.75, 3.05) is 19.0 Å². The minimum absolute atomic E-state index is 0.160. The fourth-order valence-corrected chi connectivity index (χ4v) is 4.79. The first-order valence-corrected chi connectivity index (χ1v) is 13.5. The van der Waals surface area contributed by atoms with Crippen molar-refractivity contribution in [3.63, 3.8) is 0 Å². The quantitative estimate of drug-likeness (QED) is 0.213. The summed E-state index contributed by atoms with van der Waals surface area (Å²) in [6, 6.07) is 33.8. The molecule has 0 aliphatic carbocycles. The largest absolute Gasteiger partial charge is 0.488 e. The van der Waals surface area contributed by atoms with Gasteiger partial charge in [-0.3, -0.25) is 4.79 Å². The SMILES string of the molecule is CN(C)c1ccc(CNC(=O)c2cc3c(OCc4ccccc4)cccc3n2Cc2cccc(C(N)=S)c2)cc1. The molecule has 0 bridgehead atoms. The van der Waals surface area contributed by atoms with Gasteiger partial charge in [0.05, 0.1) is 5.52 Å². The molecular weight excluding hydrogens is 516 g/mol. The second-order valence-corrected chi connectivity index (χ2v) is 10.3. The van der Waals surface area contributed by atoms with Crippen LogP contribution in [0.25, 0.3) is 10.9 Å². The first-order chi connectivity index (χ1) is 19.4. The Kier molecular flexibility index (Phi) is 8.12. The Labute approximate surface area is 240 Å². The molecule has 5 rings (SSSR count). The number of thiocarbonyl (C=S) groups is 1. The maximum Gasteiger partial charge on any atom is 0.268 e. The van der Waals surface area contributed by atoms with Crippen molar-refractivity contribution in [3.8, 4) is 5.75 Å². The molecule has 0 radical (unpaired) electrons. The molecule has 0 saturated carbocycles. The van der Waals surface area contributed by atoms with Crippen LogP contribution in [-0.2, 0) is 19.7 Å². The molecule has 0 aliphatic heterocycles. The highest BCUT2D eigenvalue weighted by Crippen LogP contribution is 2.31. The predicted molar refractivity (Wildman–Crippen MR) is 166 cm³/mol. The fourth-order valence-electron chi connectivity index (χ4n) is 4.67. The number of anilines is 1. The van der Waals surface area contributed by atoms with E-state index >= 15 is 0 Å². The molecule has 7 heteroatoms. The second kappa shape index (κ2) is 12.1.